The molecule has 20 heavy (non-hydrogen) atoms. The molecule has 0 radical (unpaired) electrons. The second-order valence-corrected chi connectivity index (χ2v) is 6.36. The van der Waals surface area contributed by atoms with Crippen LogP contribution in [0.25, 0.3) is 0 Å². The van der Waals surface area contributed by atoms with Gasteiger partial charge in [0.1, 0.15) is 0 Å². The highest BCUT2D eigenvalue weighted by Gasteiger charge is 2.25. The summed E-state index contributed by atoms with van der Waals surface area (Å²) >= 11 is 0. The van der Waals surface area contributed by atoms with Crippen molar-refractivity contribution in [2.75, 3.05) is 19.6 Å². The van der Waals surface area contributed by atoms with E-state index in [1.54, 1.807) is 0 Å². The average Bonchev–Trinajstić information content (AvgIpc) is 2.46. The first kappa shape index (κ1) is 15.5. The fourth-order valence-electron chi connectivity index (χ4n) is 3.43. The highest BCUT2D eigenvalue weighted by atomic mass is 15.2. The SMILES string of the molecule is CCCC1CCN(C(CN)c2ccc(C)c(C)c2)CC1. The van der Waals surface area contributed by atoms with Crippen LogP contribution in [-0.2, 0) is 0 Å². The first-order valence-corrected chi connectivity index (χ1v) is 8.17. The molecule has 1 aliphatic rings. The summed E-state index contributed by atoms with van der Waals surface area (Å²) in [5, 5.41) is 0. The Hall–Kier alpha value is -0.860. The van der Waals surface area contributed by atoms with Gasteiger partial charge < -0.3 is 5.73 Å². The van der Waals surface area contributed by atoms with E-state index in [1.807, 2.05) is 0 Å². The van der Waals surface area contributed by atoms with Gasteiger partial charge in [0, 0.05) is 12.6 Å². The number of likely N-dealkylation sites (tertiary alicyclic amines) is 1. The molecule has 112 valence electrons. The Kier molecular flexibility index (Phi) is 5.62. The first-order valence-electron chi connectivity index (χ1n) is 8.17. The molecule has 1 heterocycles. The van der Waals surface area contributed by atoms with Crippen LogP contribution >= 0.6 is 0 Å². The fraction of sp³-hybridized carbons (Fsp3) is 0.667. The maximum absolute atomic E-state index is 6.08. The fourth-order valence-corrected chi connectivity index (χ4v) is 3.43. The molecule has 1 unspecified atom stereocenters. The summed E-state index contributed by atoms with van der Waals surface area (Å²) in [4.78, 5) is 2.59. The minimum absolute atomic E-state index is 0.400. The van der Waals surface area contributed by atoms with Crippen molar-refractivity contribution in [3.63, 3.8) is 0 Å². The molecule has 2 heteroatoms. The van der Waals surface area contributed by atoms with E-state index in [0.717, 1.165) is 12.5 Å². The van der Waals surface area contributed by atoms with Crippen molar-refractivity contribution in [1.82, 2.24) is 4.90 Å². The maximum atomic E-state index is 6.08. The minimum Gasteiger partial charge on any atom is -0.329 e. The Morgan fingerprint density at radius 1 is 1.20 bits per heavy atom. The number of piperidine rings is 1. The highest BCUT2D eigenvalue weighted by molar-refractivity contribution is 5.32. The Bertz CT molecular complexity index is 419. The Morgan fingerprint density at radius 3 is 2.45 bits per heavy atom. The quantitative estimate of drug-likeness (QED) is 0.884. The van der Waals surface area contributed by atoms with Gasteiger partial charge in [-0.1, -0.05) is 38.0 Å². The molecule has 1 aromatic carbocycles. The van der Waals surface area contributed by atoms with Crippen molar-refractivity contribution in [3.05, 3.63) is 34.9 Å². The van der Waals surface area contributed by atoms with E-state index in [2.05, 4.69) is 43.9 Å². The maximum Gasteiger partial charge on any atom is 0.0470 e. The number of hydrogen-bond donors (Lipinski definition) is 1. The van der Waals surface area contributed by atoms with Gasteiger partial charge >= 0.3 is 0 Å². The molecule has 0 aliphatic carbocycles. The number of nitrogens with zero attached hydrogens (tertiary/aromatic N) is 1. The molecule has 2 rings (SSSR count). The summed E-state index contributed by atoms with van der Waals surface area (Å²) in [6.45, 7) is 9.80. The van der Waals surface area contributed by atoms with Crippen molar-refractivity contribution in [3.8, 4) is 0 Å². The molecule has 2 N–H and O–H groups in total. The van der Waals surface area contributed by atoms with Gasteiger partial charge in [-0.25, -0.2) is 0 Å². The third-order valence-corrected chi connectivity index (χ3v) is 4.93. The molecule has 2 nitrogen and oxygen atoms in total. The molecular weight excluding hydrogens is 244 g/mol. The number of rotatable bonds is 5. The zero-order valence-electron chi connectivity index (χ0n) is 13.4. The first-order chi connectivity index (χ1) is 9.65. The predicted octanol–water partition coefficient (Wildman–Crippen LogP) is 3.82. The third-order valence-electron chi connectivity index (χ3n) is 4.93. The van der Waals surface area contributed by atoms with Gasteiger partial charge in [0.15, 0.2) is 0 Å². The van der Waals surface area contributed by atoms with Crippen LogP contribution in [0.4, 0.5) is 0 Å². The highest BCUT2D eigenvalue weighted by Crippen LogP contribution is 2.29. The van der Waals surface area contributed by atoms with Gasteiger partial charge in [-0.15, -0.1) is 0 Å². The van der Waals surface area contributed by atoms with Crippen LogP contribution in [0.15, 0.2) is 18.2 Å². The molecule has 1 atom stereocenters. The lowest BCUT2D eigenvalue weighted by Crippen LogP contribution is -2.39. The van der Waals surface area contributed by atoms with Crippen molar-refractivity contribution in [1.29, 1.82) is 0 Å². The van der Waals surface area contributed by atoms with Crippen molar-refractivity contribution >= 4 is 0 Å². The standard InChI is InChI=1S/C18H30N2/c1-4-5-16-8-10-20(11-9-16)18(13-19)17-7-6-14(2)15(3)12-17/h6-7,12,16,18H,4-5,8-11,13,19H2,1-3H3. The normalized spacial score (nSPS) is 19.2. The van der Waals surface area contributed by atoms with Crippen LogP contribution in [0.5, 0.6) is 0 Å². The number of aryl methyl sites for hydroxylation is 2. The molecule has 0 bridgehead atoms. The summed E-state index contributed by atoms with van der Waals surface area (Å²) in [6.07, 6.45) is 5.40. The Balaban J connectivity index is 2.03. The molecule has 1 aliphatic heterocycles. The summed E-state index contributed by atoms with van der Waals surface area (Å²) in [7, 11) is 0. The smallest absolute Gasteiger partial charge is 0.0470 e. The van der Waals surface area contributed by atoms with Crippen LogP contribution in [0.3, 0.4) is 0 Å². The van der Waals surface area contributed by atoms with E-state index in [4.69, 9.17) is 5.73 Å². The van der Waals surface area contributed by atoms with Crippen molar-refractivity contribution in [2.24, 2.45) is 11.7 Å². The van der Waals surface area contributed by atoms with Gasteiger partial charge in [0.2, 0.25) is 0 Å². The van der Waals surface area contributed by atoms with Gasteiger partial charge in [-0.2, -0.15) is 0 Å². The number of nitrogens with two attached hydrogens (primary N) is 1. The Morgan fingerprint density at radius 2 is 1.90 bits per heavy atom. The summed E-state index contributed by atoms with van der Waals surface area (Å²) in [5.74, 6) is 0.939. The lowest BCUT2D eigenvalue weighted by Gasteiger charge is -2.37. The second-order valence-electron chi connectivity index (χ2n) is 6.36. The van der Waals surface area contributed by atoms with Crippen LogP contribution < -0.4 is 5.73 Å². The van der Waals surface area contributed by atoms with Crippen LogP contribution in [-0.4, -0.2) is 24.5 Å². The van der Waals surface area contributed by atoms with E-state index in [0.29, 0.717) is 6.04 Å². The van der Waals surface area contributed by atoms with Crippen molar-refractivity contribution in [2.45, 2.75) is 52.5 Å². The predicted molar refractivity (Wildman–Crippen MR) is 86.9 cm³/mol. The molecular formula is C18H30N2. The van der Waals surface area contributed by atoms with E-state index in [1.165, 1.54) is 55.5 Å². The molecule has 1 aromatic rings. The van der Waals surface area contributed by atoms with Crippen LogP contribution in [0.2, 0.25) is 0 Å². The van der Waals surface area contributed by atoms with Crippen molar-refractivity contribution < 1.29 is 0 Å². The lowest BCUT2D eigenvalue weighted by atomic mass is 9.90. The zero-order valence-corrected chi connectivity index (χ0v) is 13.4. The summed E-state index contributed by atoms with van der Waals surface area (Å²) in [6, 6.07) is 7.22. The van der Waals surface area contributed by atoms with Gasteiger partial charge in [0.25, 0.3) is 0 Å². The molecule has 0 aromatic heterocycles. The van der Waals surface area contributed by atoms with E-state index < -0.39 is 0 Å². The van der Waals surface area contributed by atoms with E-state index >= 15 is 0 Å². The molecule has 0 amide bonds. The van der Waals surface area contributed by atoms with E-state index in [-0.39, 0.29) is 0 Å². The number of benzene rings is 1. The average molecular weight is 274 g/mol. The van der Waals surface area contributed by atoms with Gasteiger partial charge in [-0.05, 0) is 62.4 Å². The molecule has 1 fully saturated rings. The van der Waals surface area contributed by atoms with Crippen LogP contribution in [0.1, 0.15) is 55.3 Å². The minimum atomic E-state index is 0.400. The van der Waals surface area contributed by atoms with Gasteiger partial charge in [0.05, 0.1) is 0 Å². The lowest BCUT2D eigenvalue weighted by molar-refractivity contribution is 0.131. The summed E-state index contributed by atoms with van der Waals surface area (Å²) < 4.78 is 0. The molecule has 1 saturated heterocycles. The molecule has 0 spiro atoms. The molecule has 0 saturated carbocycles. The monoisotopic (exact) mass is 274 g/mol. The third kappa shape index (κ3) is 3.62. The largest absolute Gasteiger partial charge is 0.329 e. The topological polar surface area (TPSA) is 29.3 Å². The van der Waals surface area contributed by atoms with E-state index in [9.17, 15) is 0 Å². The van der Waals surface area contributed by atoms with Gasteiger partial charge in [-0.3, -0.25) is 4.90 Å². The zero-order chi connectivity index (χ0) is 14.5. The Labute approximate surface area is 124 Å². The number of hydrogen-bond acceptors (Lipinski definition) is 2. The second kappa shape index (κ2) is 7.24. The summed E-state index contributed by atoms with van der Waals surface area (Å²) in [5.41, 5.74) is 10.2. The van der Waals surface area contributed by atoms with Crippen LogP contribution in [0, 0.1) is 19.8 Å².